The maximum Gasteiger partial charge on any atom is 0.216 e. The van der Waals surface area contributed by atoms with Gasteiger partial charge in [-0.3, -0.25) is 4.79 Å². The zero-order valence-electron chi connectivity index (χ0n) is 7.95. The number of rotatable bonds is 4. The maximum absolute atomic E-state index is 10.5. The van der Waals surface area contributed by atoms with Crippen LogP contribution in [0.1, 0.15) is 6.92 Å². The number of nitrogens with zero attached hydrogens (tertiary/aromatic N) is 2. The number of carbonyl (C=O) groups excluding carboxylic acids is 1. The third-order valence-corrected chi connectivity index (χ3v) is 1.53. The lowest BCUT2D eigenvalue weighted by atomic mass is 10.4. The fraction of sp³-hybridized carbons (Fsp3) is 0.375. The Hall–Kier alpha value is -1.85. The molecule has 0 unspecified atom stereocenters. The molecule has 6 nitrogen and oxygen atoms in total. The average molecular weight is 195 g/mol. The Morgan fingerprint density at radius 3 is 3.00 bits per heavy atom. The molecule has 76 valence electrons. The molecule has 0 fully saturated rings. The lowest BCUT2D eigenvalue weighted by Gasteiger charge is -2.07. The molecule has 0 aliphatic rings. The van der Waals surface area contributed by atoms with Crippen LogP contribution in [0.5, 0.6) is 0 Å². The fourth-order valence-corrected chi connectivity index (χ4v) is 0.908. The molecule has 1 amide bonds. The summed E-state index contributed by atoms with van der Waals surface area (Å²) in [5, 5.41) is 5.63. The quantitative estimate of drug-likeness (QED) is 0.569. The molecule has 6 heteroatoms. The second-order valence-corrected chi connectivity index (χ2v) is 2.74. The average Bonchev–Trinajstić information content (AvgIpc) is 2.15. The number of hydrogen-bond acceptors (Lipinski definition) is 5. The van der Waals surface area contributed by atoms with Gasteiger partial charge in [-0.15, -0.1) is 0 Å². The van der Waals surface area contributed by atoms with Crippen LogP contribution in [0.25, 0.3) is 0 Å². The monoisotopic (exact) mass is 195 g/mol. The molecule has 14 heavy (non-hydrogen) atoms. The molecule has 0 spiro atoms. The number of nitrogens with two attached hydrogens (primary N) is 1. The fourth-order valence-electron chi connectivity index (χ4n) is 0.908. The Kier molecular flexibility index (Phi) is 3.66. The van der Waals surface area contributed by atoms with Crippen molar-refractivity contribution < 1.29 is 4.79 Å². The molecule has 0 radical (unpaired) electrons. The van der Waals surface area contributed by atoms with Gasteiger partial charge in [0.15, 0.2) is 5.82 Å². The van der Waals surface area contributed by atoms with Crippen LogP contribution >= 0.6 is 0 Å². The predicted octanol–water partition coefficient (Wildman–Crippen LogP) is -0.393. The Labute approximate surface area is 81.9 Å². The van der Waals surface area contributed by atoms with E-state index in [1.165, 1.54) is 19.4 Å². The minimum absolute atomic E-state index is 0.0533. The third-order valence-electron chi connectivity index (χ3n) is 1.53. The SMILES string of the molecule is CC(=O)NCCNc1ncncc1N. The van der Waals surface area contributed by atoms with Crippen LogP contribution in [0, 0.1) is 0 Å². The highest BCUT2D eigenvalue weighted by Crippen LogP contribution is 2.09. The first-order valence-electron chi connectivity index (χ1n) is 4.24. The molecular weight excluding hydrogens is 182 g/mol. The number of anilines is 2. The molecule has 0 aliphatic carbocycles. The van der Waals surface area contributed by atoms with E-state index in [-0.39, 0.29) is 5.91 Å². The molecule has 1 aromatic heterocycles. The van der Waals surface area contributed by atoms with Gasteiger partial charge in [0.05, 0.1) is 11.9 Å². The molecule has 4 N–H and O–H groups in total. The van der Waals surface area contributed by atoms with Crippen molar-refractivity contribution in [1.29, 1.82) is 0 Å². The Bertz CT molecular complexity index is 314. The Morgan fingerprint density at radius 2 is 2.36 bits per heavy atom. The van der Waals surface area contributed by atoms with Crippen LogP contribution in [0.3, 0.4) is 0 Å². The first kappa shape index (κ1) is 10.2. The van der Waals surface area contributed by atoms with E-state index in [0.717, 1.165) is 0 Å². The van der Waals surface area contributed by atoms with Crippen LogP contribution in [-0.2, 0) is 4.79 Å². The van der Waals surface area contributed by atoms with Gasteiger partial charge >= 0.3 is 0 Å². The Morgan fingerprint density at radius 1 is 1.57 bits per heavy atom. The highest BCUT2D eigenvalue weighted by Gasteiger charge is 1.97. The summed E-state index contributed by atoms with van der Waals surface area (Å²) in [6.45, 7) is 2.60. The van der Waals surface area contributed by atoms with Gasteiger partial charge in [-0.05, 0) is 0 Å². The molecule has 0 bridgehead atoms. The molecule has 1 heterocycles. The van der Waals surface area contributed by atoms with Crippen molar-refractivity contribution in [3.8, 4) is 0 Å². The van der Waals surface area contributed by atoms with Crippen molar-refractivity contribution in [1.82, 2.24) is 15.3 Å². The summed E-state index contributed by atoms with van der Waals surface area (Å²) in [5.41, 5.74) is 6.08. The number of nitrogens with one attached hydrogen (secondary N) is 2. The molecule has 0 saturated carbocycles. The van der Waals surface area contributed by atoms with Gasteiger partial charge in [-0.1, -0.05) is 0 Å². The van der Waals surface area contributed by atoms with Crippen molar-refractivity contribution in [3.63, 3.8) is 0 Å². The van der Waals surface area contributed by atoms with Crippen LogP contribution < -0.4 is 16.4 Å². The van der Waals surface area contributed by atoms with E-state index in [0.29, 0.717) is 24.6 Å². The minimum Gasteiger partial charge on any atom is -0.394 e. The molecule has 1 rings (SSSR count). The standard InChI is InChI=1S/C8H13N5O/c1-6(14)11-2-3-12-8-7(9)4-10-5-13-8/h4-5H,2-3,9H2,1H3,(H,11,14)(H,10,12,13). The predicted molar refractivity (Wildman–Crippen MR) is 53.6 cm³/mol. The van der Waals surface area contributed by atoms with E-state index in [2.05, 4.69) is 20.6 Å². The molecular formula is C8H13N5O. The first-order chi connectivity index (χ1) is 6.70. The van der Waals surface area contributed by atoms with E-state index in [1.807, 2.05) is 0 Å². The lowest BCUT2D eigenvalue weighted by molar-refractivity contribution is -0.118. The highest BCUT2D eigenvalue weighted by atomic mass is 16.1. The number of nitrogen functional groups attached to an aromatic ring is 1. The summed E-state index contributed by atoms with van der Waals surface area (Å²) in [6, 6.07) is 0. The normalized spacial score (nSPS) is 9.50. The number of aromatic nitrogens is 2. The molecule has 1 aromatic rings. The van der Waals surface area contributed by atoms with Crippen LogP contribution in [0.4, 0.5) is 11.5 Å². The second-order valence-electron chi connectivity index (χ2n) is 2.74. The van der Waals surface area contributed by atoms with E-state index in [9.17, 15) is 4.79 Å². The van der Waals surface area contributed by atoms with Crippen molar-refractivity contribution in [2.75, 3.05) is 24.1 Å². The van der Waals surface area contributed by atoms with Gasteiger partial charge in [0, 0.05) is 20.0 Å². The summed E-state index contributed by atoms with van der Waals surface area (Å²) in [4.78, 5) is 18.2. The smallest absolute Gasteiger partial charge is 0.216 e. The second kappa shape index (κ2) is 5.00. The summed E-state index contributed by atoms with van der Waals surface area (Å²) in [6.07, 6.45) is 2.94. The van der Waals surface area contributed by atoms with E-state index >= 15 is 0 Å². The summed E-state index contributed by atoms with van der Waals surface area (Å²) in [5.74, 6) is 0.535. The van der Waals surface area contributed by atoms with E-state index in [4.69, 9.17) is 5.73 Å². The molecule has 0 aromatic carbocycles. The molecule has 0 saturated heterocycles. The summed E-state index contributed by atoms with van der Waals surface area (Å²) >= 11 is 0. The molecule has 0 atom stereocenters. The van der Waals surface area contributed by atoms with E-state index in [1.54, 1.807) is 0 Å². The van der Waals surface area contributed by atoms with E-state index < -0.39 is 0 Å². The van der Waals surface area contributed by atoms with Crippen molar-refractivity contribution in [3.05, 3.63) is 12.5 Å². The molecule has 0 aliphatic heterocycles. The van der Waals surface area contributed by atoms with Gasteiger partial charge in [-0.2, -0.15) is 0 Å². The van der Waals surface area contributed by atoms with Gasteiger partial charge in [0.1, 0.15) is 6.33 Å². The Balaban J connectivity index is 2.31. The van der Waals surface area contributed by atoms with Gasteiger partial charge in [0.25, 0.3) is 0 Å². The number of amides is 1. The largest absolute Gasteiger partial charge is 0.394 e. The number of hydrogen-bond donors (Lipinski definition) is 3. The van der Waals surface area contributed by atoms with Crippen LogP contribution in [0.15, 0.2) is 12.5 Å². The summed E-state index contributed by atoms with van der Waals surface area (Å²) < 4.78 is 0. The van der Waals surface area contributed by atoms with Gasteiger partial charge in [-0.25, -0.2) is 9.97 Å². The topological polar surface area (TPSA) is 92.9 Å². The van der Waals surface area contributed by atoms with Crippen LogP contribution in [-0.4, -0.2) is 29.0 Å². The zero-order chi connectivity index (χ0) is 10.4. The highest BCUT2D eigenvalue weighted by molar-refractivity contribution is 5.72. The minimum atomic E-state index is -0.0533. The third kappa shape index (κ3) is 3.26. The lowest BCUT2D eigenvalue weighted by Crippen LogP contribution is -2.26. The van der Waals surface area contributed by atoms with Gasteiger partial charge in [0.2, 0.25) is 5.91 Å². The van der Waals surface area contributed by atoms with Gasteiger partial charge < -0.3 is 16.4 Å². The summed E-state index contributed by atoms with van der Waals surface area (Å²) in [7, 11) is 0. The number of carbonyl (C=O) groups is 1. The van der Waals surface area contributed by atoms with Crippen molar-refractivity contribution in [2.24, 2.45) is 0 Å². The van der Waals surface area contributed by atoms with Crippen LogP contribution in [0.2, 0.25) is 0 Å². The van der Waals surface area contributed by atoms with Crippen molar-refractivity contribution in [2.45, 2.75) is 6.92 Å². The first-order valence-corrected chi connectivity index (χ1v) is 4.24. The van der Waals surface area contributed by atoms with Crippen molar-refractivity contribution >= 4 is 17.4 Å². The maximum atomic E-state index is 10.5. The zero-order valence-corrected chi connectivity index (χ0v) is 7.95.